The van der Waals surface area contributed by atoms with Gasteiger partial charge in [-0.25, -0.2) is 0 Å². The molecular formula is C17H17NO. The van der Waals surface area contributed by atoms with Gasteiger partial charge in [-0.3, -0.25) is 0 Å². The highest BCUT2D eigenvalue weighted by atomic mass is 16.5. The van der Waals surface area contributed by atoms with Crippen molar-refractivity contribution in [3.63, 3.8) is 0 Å². The van der Waals surface area contributed by atoms with Crippen LogP contribution in [0, 0.1) is 6.92 Å². The van der Waals surface area contributed by atoms with E-state index in [4.69, 9.17) is 4.74 Å². The molecule has 0 aliphatic carbocycles. The average molecular weight is 251 g/mol. The summed E-state index contributed by atoms with van der Waals surface area (Å²) in [6.45, 7) is 2.72. The number of rotatable bonds is 3. The summed E-state index contributed by atoms with van der Waals surface area (Å²) in [6.07, 6.45) is 2.15. The molecule has 0 unspecified atom stereocenters. The number of hydrogen-bond donors (Lipinski definition) is 0. The van der Waals surface area contributed by atoms with Gasteiger partial charge in [0.15, 0.2) is 0 Å². The van der Waals surface area contributed by atoms with Gasteiger partial charge in [-0.2, -0.15) is 0 Å². The molecule has 0 aliphatic heterocycles. The molecule has 0 fully saturated rings. The summed E-state index contributed by atoms with van der Waals surface area (Å²) in [4.78, 5) is 0. The van der Waals surface area contributed by atoms with E-state index in [1.807, 2.05) is 30.3 Å². The number of aromatic nitrogens is 1. The lowest BCUT2D eigenvalue weighted by molar-refractivity contribution is 0.307. The van der Waals surface area contributed by atoms with E-state index in [2.05, 4.69) is 42.9 Å². The number of para-hydroxylation sites is 1. The summed E-state index contributed by atoms with van der Waals surface area (Å²) in [5.74, 6) is 0.909. The quantitative estimate of drug-likeness (QED) is 0.684. The molecule has 0 saturated carbocycles. The second-order valence-electron chi connectivity index (χ2n) is 4.89. The molecular weight excluding hydrogens is 234 g/mol. The minimum Gasteiger partial charge on any atom is -0.489 e. The molecule has 2 aromatic carbocycles. The van der Waals surface area contributed by atoms with Crippen molar-refractivity contribution in [2.45, 2.75) is 13.5 Å². The van der Waals surface area contributed by atoms with Gasteiger partial charge in [0.1, 0.15) is 12.4 Å². The van der Waals surface area contributed by atoms with Crippen LogP contribution < -0.4 is 4.74 Å². The third-order valence-corrected chi connectivity index (χ3v) is 3.37. The van der Waals surface area contributed by atoms with Gasteiger partial charge in [0.05, 0.1) is 0 Å². The maximum absolute atomic E-state index is 5.83. The molecule has 3 aromatic rings. The van der Waals surface area contributed by atoms with Crippen molar-refractivity contribution in [2.75, 3.05) is 0 Å². The Bertz CT molecular complexity index is 698. The van der Waals surface area contributed by atoms with Crippen LogP contribution in [0.2, 0.25) is 0 Å². The van der Waals surface area contributed by atoms with Gasteiger partial charge < -0.3 is 9.30 Å². The van der Waals surface area contributed by atoms with Crippen LogP contribution in [0.15, 0.2) is 54.7 Å². The Balaban J connectivity index is 1.89. The van der Waals surface area contributed by atoms with E-state index in [-0.39, 0.29) is 0 Å². The van der Waals surface area contributed by atoms with Crippen molar-refractivity contribution < 1.29 is 4.74 Å². The first-order chi connectivity index (χ1) is 9.24. The molecule has 2 heteroatoms. The third-order valence-electron chi connectivity index (χ3n) is 3.37. The van der Waals surface area contributed by atoms with E-state index in [1.165, 1.54) is 22.0 Å². The zero-order valence-electron chi connectivity index (χ0n) is 11.3. The lowest BCUT2D eigenvalue weighted by atomic mass is 10.1. The van der Waals surface area contributed by atoms with Crippen LogP contribution in [0.25, 0.3) is 10.9 Å². The Labute approximate surface area is 113 Å². The molecule has 19 heavy (non-hydrogen) atoms. The summed E-state index contributed by atoms with van der Waals surface area (Å²) in [7, 11) is 2.08. The van der Waals surface area contributed by atoms with E-state index in [0.29, 0.717) is 6.61 Å². The first-order valence-electron chi connectivity index (χ1n) is 6.46. The predicted molar refractivity (Wildman–Crippen MR) is 78.4 cm³/mol. The topological polar surface area (TPSA) is 14.2 Å². The van der Waals surface area contributed by atoms with E-state index in [0.717, 1.165) is 5.75 Å². The third kappa shape index (κ3) is 2.34. The van der Waals surface area contributed by atoms with Crippen LogP contribution in [-0.4, -0.2) is 4.57 Å². The number of nitrogens with zero attached hydrogens (tertiary/aromatic N) is 1. The van der Waals surface area contributed by atoms with E-state index < -0.39 is 0 Å². The molecule has 0 saturated heterocycles. The smallest absolute Gasteiger partial charge is 0.119 e. The molecule has 0 aliphatic rings. The van der Waals surface area contributed by atoms with E-state index in [1.54, 1.807) is 0 Å². The first kappa shape index (κ1) is 11.8. The number of hydrogen-bond acceptors (Lipinski definition) is 1. The van der Waals surface area contributed by atoms with E-state index >= 15 is 0 Å². The van der Waals surface area contributed by atoms with Gasteiger partial charge in [0.25, 0.3) is 0 Å². The molecule has 0 amide bonds. The molecule has 0 atom stereocenters. The maximum atomic E-state index is 5.83. The zero-order chi connectivity index (χ0) is 13.2. The molecule has 96 valence electrons. The SMILES string of the molecule is Cc1ccc2c(COc3ccccc3)cn(C)c2c1. The van der Waals surface area contributed by atoms with Crippen molar-refractivity contribution >= 4 is 10.9 Å². The van der Waals surface area contributed by atoms with Crippen LogP contribution in [0.4, 0.5) is 0 Å². The van der Waals surface area contributed by atoms with Gasteiger partial charge in [0, 0.05) is 29.7 Å². The summed E-state index contributed by atoms with van der Waals surface area (Å²) in [5.41, 5.74) is 3.76. The number of ether oxygens (including phenoxy) is 1. The van der Waals surface area contributed by atoms with Gasteiger partial charge >= 0.3 is 0 Å². The van der Waals surface area contributed by atoms with Crippen molar-refractivity contribution in [2.24, 2.45) is 7.05 Å². The van der Waals surface area contributed by atoms with Gasteiger partial charge in [-0.15, -0.1) is 0 Å². The van der Waals surface area contributed by atoms with Crippen LogP contribution in [0.1, 0.15) is 11.1 Å². The van der Waals surface area contributed by atoms with Crippen molar-refractivity contribution in [3.05, 3.63) is 65.9 Å². The van der Waals surface area contributed by atoms with Crippen LogP contribution in [0.3, 0.4) is 0 Å². The normalized spacial score (nSPS) is 10.8. The second-order valence-corrected chi connectivity index (χ2v) is 4.89. The molecule has 2 nitrogen and oxygen atoms in total. The summed E-state index contributed by atoms with van der Waals surface area (Å²) >= 11 is 0. The lowest BCUT2D eigenvalue weighted by Gasteiger charge is -2.04. The minimum absolute atomic E-state index is 0.602. The fourth-order valence-electron chi connectivity index (χ4n) is 2.37. The van der Waals surface area contributed by atoms with Crippen molar-refractivity contribution in [1.82, 2.24) is 4.57 Å². The predicted octanol–water partition coefficient (Wildman–Crippen LogP) is 4.07. The second kappa shape index (κ2) is 4.81. The van der Waals surface area contributed by atoms with Gasteiger partial charge in [0.2, 0.25) is 0 Å². The fraction of sp³-hybridized carbons (Fsp3) is 0.176. The lowest BCUT2D eigenvalue weighted by Crippen LogP contribution is -1.94. The van der Waals surface area contributed by atoms with E-state index in [9.17, 15) is 0 Å². The van der Waals surface area contributed by atoms with Gasteiger partial charge in [-0.1, -0.05) is 30.3 Å². The first-order valence-corrected chi connectivity index (χ1v) is 6.46. The van der Waals surface area contributed by atoms with Crippen molar-refractivity contribution in [1.29, 1.82) is 0 Å². The highest BCUT2D eigenvalue weighted by molar-refractivity contribution is 5.84. The van der Waals surface area contributed by atoms with Crippen molar-refractivity contribution in [3.8, 4) is 5.75 Å². The van der Waals surface area contributed by atoms with Crippen LogP contribution >= 0.6 is 0 Å². The molecule has 0 spiro atoms. The molecule has 0 bridgehead atoms. The van der Waals surface area contributed by atoms with Gasteiger partial charge in [-0.05, 0) is 30.7 Å². The highest BCUT2D eigenvalue weighted by Gasteiger charge is 2.07. The number of fused-ring (bicyclic) bond motifs is 1. The molecule has 1 aromatic heterocycles. The fourth-order valence-corrected chi connectivity index (χ4v) is 2.37. The summed E-state index contributed by atoms with van der Waals surface area (Å²) in [5, 5.41) is 1.27. The monoisotopic (exact) mass is 251 g/mol. The minimum atomic E-state index is 0.602. The Kier molecular flexibility index (Phi) is 3.00. The summed E-state index contributed by atoms with van der Waals surface area (Å²) in [6, 6.07) is 16.5. The number of benzene rings is 2. The Morgan fingerprint density at radius 3 is 2.63 bits per heavy atom. The Morgan fingerprint density at radius 1 is 1.05 bits per heavy atom. The number of aryl methyl sites for hydroxylation is 2. The Hall–Kier alpha value is -2.22. The maximum Gasteiger partial charge on any atom is 0.119 e. The molecule has 3 rings (SSSR count). The highest BCUT2D eigenvalue weighted by Crippen LogP contribution is 2.23. The zero-order valence-corrected chi connectivity index (χ0v) is 11.3. The van der Waals surface area contributed by atoms with Crippen LogP contribution in [0.5, 0.6) is 5.75 Å². The molecule has 0 radical (unpaired) electrons. The molecule has 1 heterocycles. The standard InChI is InChI=1S/C17H17NO/c1-13-8-9-16-14(11-18(2)17(16)10-13)12-19-15-6-4-3-5-7-15/h3-11H,12H2,1-2H3. The van der Waals surface area contributed by atoms with Crippen LogP contribution in [-0.2, 0) is 13.7 Å². The largest absolute Gasteiger partial charge is 0.489 e. The molecule has 0 N–H and O–H groups in total. The average Bonchev–Trinajstić information content (AvgIpc) is 2.74. The Morgan fingerprint density at radius 2 is 1.84 bits per heavy atom. The summed E-state index contributed by atoms with van der Waals surface area (Å²) < 4.78 is 7.99.